The minimum absolute atomic E-state index is 0.240. The van der Waals surface area contributed by atoms with E-state index in [0.29, 0.717) is 12.5 Å². The normalized spacial score (nSPS) is 24.0. The summed E-state index contributed by atoms with van der Waals surface area (Å²) < 4.78 is 40.9. The van der Waals surface area contributed by atoms with Crippen molar-refractivity contribution in [3.63, 3.8) is 0 Å². The van der Waals surface area contributed by atoms with Crippen molar-refractivity contribution in [3.05, 3.63) is 35.1 Å². The van der Waals surface area contributed by atoms with Crippen molar-refractivity contribution in [1.29, 1.82) is 0 Å². The van der Waals surface area contributed by atoms with E-state index in [1.165, 1.54) is 12.5 Å². The minimum Gasteiger partial charge on any atom is -0.310 e. The Bertz CT molecular complexity index is 475. The van der Waals surface area contributed by atoms with Crippen LogP contribution in [0.15, 0.2) is 12.1 Å². The maximum absolute atomic E-state index is 14.2. The van der Waals surface area contributed by atoms with Gasteiger partial charge in [-0.3, -0.25) is 0 Å². The van der Waals surface area contributed by atoms with Gasteiger partial charge in [0.25, 0.3) is 0 Å². The second kappa shape index (κ2) is 7.30. The fourth-order valence-corrected chi connectivity index (χ4v) is 3.67. The van der Waals surface area contributed by atoms with Gasteiger partial charge in [0.05, 0.1) is 0 Å². The van der Waals surface area contributed by atoms with Crippen LogP contribution in [-0.4, -0.2) is 6.54 Å². The first-order chi connectivity index (χ1) is 10.1. The Kier molecular flexibility index (Phi) is 5.68. The summed E-state index contributed by atoms with van der Waals surface area (Å²) in [6, 6.07) is 2.18. The van der Waals surface area contributed by atoms with E-state index in [2.05, 4.69) is 12.2 Å². The number of hydrogen-bond donors (Lipinski definition) is 1. The second-order valence-electron chi connectivity index (χ2n) is 5.92. The number of hydrogen-bond acceptors (Lipinski definition) is 1. The lowest BCUT2D eigenvalue weighted by molar-refractivity contribution is 0.173. The highest BCUT2D eigenvalue weighted by molar-refractivity contribution is 5.24. The summed E-state index contributed by atoms with van der Waals surface area (Å²) in [6.07, 6.45) is 5.50. The van der Waals surface area contributed by atoms with Crippen molar-refractivity contribution in [3.8, 4) is 0 Å². The molecule has 1 saturated carbocycles. The Balaban J connectivity index is 2.36. The van der Waals surface area contributed by atoms with Gasteiger partial charge >= 0.3 is 0 Å². The molecule has 0 spiro atoms. The van der Waals surface area contributed by atoms with Gasteiger partial charge in [-0.15, -0.1) is 0 Å². The average Bonchev–Trinajstić information content (AvgIpc) is 2.51. The molecule has 0 amide bonds. The van der Waals surface area contributed by atoms with Gasteiger partial charge in [0.15, 0.2) is 17.5 Å². The van der Waals surface area contributed by atoms with Crippen molar-refractivity contribution in [2.24, 2.45) is 11.8 Å². The minimum atomic E-state index is -1.36. The summed E-state index contributed by atoms with van der Waals surface area (Å²) >= 11 is 0. The number of halogens is 3. The van der Waals surface area contributed by atoms with Gasteiger partial charge in [0.2, 0.25) is 0 Å². The van der Waals surface area contributed by atoms with E-state index < -0.39 is 17.5 Å². The molecular weight excluding hydrogens is 275 g/mol. The highest BCUT2D eigenvalue weighted by Crippen LogP contribution is 2.41. The lowest BCUT2D eigenvalue weighted by atomic mass is 9.72. The van der Waals surface area contributed by atoms with E-state index in [0.717, 1.165) is 31.7 Å². The highest BCUT2D eigenvalue weighted by atomic mass is 19.2. The smallest absolute Gasteiger partial charge is 0.194 e. The first kappa shape index (κ1) is 16.3. The predicted molar refractivity (Wildman–Crippen MR) is 78.5 cm³/mol. The Morgan fingerprint density at radius 1 is 1.10 bits per heavy atom. The Labute approximate surface area is 124 Å². The van der Waals surface area contributed by atoms with E-state index in [4.69, 9.17) is 0 Å². The first-order valence-electron chi connectivity index (χ1n) is 7.96. The van der Waals surface area contributed by atoms with Gasteiger partial charge in [-0.2, -0.15) is 0 Å². The lowest BCUT2D eigenvalue weighted by Crippen LogP contribution is -2.35. The topological polar surface area (TPSA) is 12.0 Å². The molecule has 0 heterocycles. The predicted octanol–water partition coefficient (Wildman–Crippen LogP) is 4.97. The molecule has 1 N–H and O–H groups in total. The molecule has 0 aliphatic heterocycles. The number of rotatable bonds is 5. The molecule has 0 saturated heterocycles. The molecule has 118 valence electrons. The molecule has 1 fully saturated rings. The van der Waals surface area contributed by atoms with Crippen molar-refractivity contribution in [2.75, 3.05) is 6.54 Å². The molecule has 1 aromatic carbocycles. The van der Waals surface area contributed by atoms with E-state index in [1.807, 2.05) is 6.92 Å². The van der Waals surface area contributed by atoms with Crippen LogP contribution in [-0.2, 0) is 0 Å². The fourth-order valence-electron chi connectivity index (χ4n) is 3.67. The van der Waals surface area contributed by atoms with Crippen molar-refractivity contribution in [1.82, 2.24) is 5.32 Å². The van der Waals surface area contributed by atoms with Crippen molar-refractivity contribution in [2.45, 2.75) is 52.0 Å². The molecule has 0 bridgehead atoms. The molecule has 1 aromatic rings. The van der Waals surface area contributed by atoms with Crippen LogP contribution in [0.25, 0.3) is 0 Å². The third-order valence-corrected chi connectivity index (χ3v) is 4.74. The standard InChI is InChI=1S/C17H24F3N/c1-3-11-7-5-6-8-12(11)17(21-4-2)13-9-10-14(18)16(20)15(13)19/h9-12,17,21H,3-8H2,1-2H3. The summed E-state index contributed by atoms with van der Waals surface area (Å²) in [6.45, 7) is 4.78. The van der Waals surface area contributed by atoms with Crippen LogP contribution in [0.1, 0.15) is 57.6 Å². The second-order valence-corrected chi connectivity index (χ2v) is 5.92. The van der Waals surface area contributed by atoms with Crippen LogP contribution < -0.4 is 5.32 Å². The number of benzene rings is 1. The molecule has 4 heteroatoms. The van der Waals surface area contributed by atoms with Crippen LogP contribution in [0.4, 0.5) is 13.2 Å². The molecular formula is C17H24F3N. The summed E-state index contributed by atoms with van der Waals surface area (Å²) in [5, 5.41) is 3.29. The summed E-state index contributed by atoms with van der Waals surface area (Å²) in [5.41, 5.74) is 0.265. The monoisotopic (exact) mass is 299 g/mol. The molecule has 21 heavy (non-hydrogen) atoms. The molecule has 1 aliphatic carbocycles. The summed E-state index contributed by atoms with van der Waals surface area (Å²) in [7, 11) is 0. The third-order valence-electron chi connectivity index (χ3n) is 4.74. The first-order valence-corrected chi connectivity index (χ1v) is 7.96. The lowest BCUT2D eigenvalue weighted by Gasteiger charge is -2.37. The van der Waals surface area contributed by atoms with Crippen molar-refractivity contribution < 1.29 is 13.2 Å². The van der Waals surface area contributed by atoms with E-state index in [-0.39, 0.29) is 17.5 Å². The zero-order chi connectivity index (χ0) is 15.4. The molecule has 2 rings (SSSR count). The highest BCUT2D eigenvalue weighted by Gasteiger charge is 2.33. The van der Waals surface area contributed by atoms with Gasteiger partial charge in [-0.05, 0) is 30.9 Å². The van der Waals surface area contributed by atoms with Gasteiger partial charge in [0.1, 0.15) is 0 Å². The zero-order valence-corrected chi connectivity index (χ0v) is 12.8. The summed E-state index contributed by atoms with van der Waals surface area (Å²) in [5.74, 6) is -2.74. The molecule has 1 nitrogen and oxygen atoms in total. The Morgan fingerprint density at radius 3 is 2.48 bits per heavy atom. The molecule has 0 aromatic heterocycles. The van der Waals surface area contributed by atoms with Crippen LogP contribution in [0, 0.1) is 29.3 Å². The Hall–Kier alpha value is -1.03. The van der Waals surface area contributed by atoms with Gasteiger partial charge in [-0.1, -0.05) is 45.6 Å². The third kappa shape index (κ3) is 3.42. The van der Waals surface area contributed by atoms with Crippen LogP contribution in [0.5, 0.6) is 0 Å². The quantitative estimate of drug-likeness (QED) is 0.757. The number of nitrogens with one attached hydrogen (secondary N) is 1. The summed E-state index contributed by atoms with van der Waals surface area (Å²) in [4.78, 5) is 0. The van der Waals surface area contributed by atoms with Crippen LogP contribution in [0.3, 0.4) is 0 Å². The van der Waals surface area contributed by atoms with Crippen LogP contribution >= 0.6 is 0 Å². The molecule has 3 unspecified atom stereocenters. The maximum Gasteiger partial charge on any atom is 0.194 e. The SMILES string of the molecule is CCNC(c1ccc(F)c(F)c1F)C1CCCCC1CC. The van der Waals surface area contributed by atoms with Gasteiger partial charge in [-0.25, -0.2) is 13.2 Å². The van der Waals surface area contributed by atoms with E-state index >= 15 is 0 Å². The molecule has 1 aliphatic rings. The molecule has 3 atom stereocenters. The van der Waals surface area contributed by atoms with E-state index in [9.17, 15) is 13.2 Å². The van der Waals surface area contributed by atoms with Crippen molar-refractivity contribution >= 4 is 0 Å². The largest absolute Gasteiger partial charge is 0.310 e. The molecule has 0 radical (unpaired) electrons. The Morgan fingerprint density at radius 2 is 1.81 bits per heavy atom. The van der Waals surface area contributed by atoms with Gasteiger partial charge < -0.3 is 5.32 Å². The van der Waals surface area contributed by atoms with E-state index in [1.54, 1.807) is 0 Å². The maximum atomic E-state index is 14.2. The van der Waals surface area contributed by atoms with Gasteiger partial charge in [0, 0.05) is 11.6 Å². The average molecular weight is 299 g/mol. The zero-order valence-electron chi connectivity index (χ0n) is 12.8. The van der Waals surface area contributed by atoms with Crippen LogP contribution in [0.2, 0.25) is 0 Å². The fraction of sp³-hybridized carbons (Fsp3) is 0.647.